The van der Waals surface area contributed by atoms with Crippen LogP contribution in [0.4, 0.5) is 0 Å². The lowest BCUT2D eigenvalue weighted by atomic mass is 10.1. The Morgan fingerprint density at radius 2 is 1.33 bits per heavy atom. The van der Waals surface area contributed by atoms with E-state index in [4.69, 9.17) is 4.74 Å². The maximum Gasteiger partial charge on any atom is 0.334 e. The first-order chi connectivity index (χ1) is 11.1. The fraction of sp³-hybridized carbons (Fsp3) is 0.850. The average molecular weight is 362 g/mol. The molecule has 0 heterocycles. The second kappa shape index (κ2) is 17.3. The highest BCUT2D eigenvalue weighted by Crippen LogP contribution is 2.14. The lowest BCUT2D eigenvalue weighted by molar-refractivity contribution is -0.940. The summed E-state index contributed by atoms with van der Waals surface area (Å²) >= 11 is 0. The standard InChI is InChI=1S/C20H40NO2.ClH/c1-5-9-10-11-12-13-14-15-16-17-18-21(7-3,8-4)19-23-20(22)6-2;/h6H,2,5,7-19H2,1,3-4H3;1H/q+1;/p-1. The molecule has 3 nitrogen and oxygen atoms in total. The molecular weight excluding hydrogens is 322 g/mol. The van der Waals surface area contributed by atoms with Crippen LogP contribution in [0.1, 0.15) is 85.0 Å². The summed E-state index contributed by atoms with van der Waals surface area (Å²) in [6, 6.07) is 0. The molecule has 0 amide bonds. The Hall–Kier alpha value is -0.540. The van der Waals surface area contributed by atoms with E-state index in [-0.39, 0.29) is 18.4 Å². The van der Waals surface area contributed by atoms with E-state index >= 15 is 0 Å². The molecule has 144 valence electrons. The number of quaternary nitrogens is 1. The summed E-state index contributed by atoms with van der Waals surface area (Å²) in [7, 11) is 0. The Balaban J connectivity index is 0. The lowest BCUT2D eigenvalue weighted by Gasteiger charge is -2.35. The van der Waals surface area contributed by atoms with Crippen LogP contribution in [-0.4, -0.2) is 36.8 Å². The Morgan fingerprint density at radius 3 is 1.75 bits per heavy atom. The summed E-state index contributed by atoms with van der Waals surface area (Å²) in [6.45, 7) is 13.7. The topological polar surface area (TPSA) is 26.3 Å². The summed E-state index contributed by atoms with van der Waals surface area (Å²) in [4.78, 5) is 11.3. The van der Waals surface area contributed by atoms with Gasteiger partial charge in [-0.1, -0.05) is 64.9 Å². The Bertz CT molecular complexity index is 304. The molecule has 4 heteroatoms. The third kappa shape index (κ3) is 12.8. The quantitative estimate of drug-likeness (QED) is 0.139. The first-order valence-corrected chi connectivity index (χ1v) is 9.78. The number of nitrogens with zero attached hydrogens (tertiary/aromatic N) is 1. The second-order valence-corrected chi connectivity index (χ2v) is 6.68. The number of halogens is 1. The van der Waals surface area contributed by atoms with Gasteiger partial charge in [-0.25, -0.2) is 4.79 Å². The summed E-state index contributed by atoms with van der Waals surface area (Å²) in [5.41, 5.74) is 0. The van der Waals surface area contributed by atoms with Gasteiger partial charge in [0.05, 0.1) is 19.6 Å². The van der Waals surface area contributed by atoms with Crippen molar-refractivity contribution in [2.24, 2.45) is 0 Å². The molecule has 0 unspecified atom stereocenters. The number of unbranched alkanes of at least 4 members (excludes halogenated alkanes) is 9. The molecule has 0 aromatic rings. The monoisotopic (exact) mass is 361 g/mol. The molecule has 0 bridgehead atoms. The first kappa shape index (κ1) is 25.7. The van der Waals surface area contributed by atoms with Gasteiger partial charge >= 0.3 is 5.97 Å². The molecule has 0 saturated carbocycles. The number of esters is 1. The molecule has 0 aliphatic rings. The maximum atomic E-state index is 11.3. The van der Waals surface area contributed by atoms with Gasteiger partial charge in [-0.3, -0.25) is 4.48 Å². The number of carbonyl (C=O) groups excluding carboxylic acids is 1. The second-order valence-electron chi connectivity index (χ2n) is 6.68. The van der Waals surface area contributed by atoms with E-state index in [9.17, 15) is 4.79 Å². The van der Waals surface area contributed by atoms with Crippen LogP contribution in [0.3, 0.4) is 0 Å². The minimum absolute atomic E-state index is 0. The molecule has 0 aliphatic heterocycles. The third-order valence-electron chi connectivity index (χ3n) is 4.97. The van der Waals surface area contributed by atoms with Gasteiger partial charge in [-0.2, -0.15) is 0 Å². The van der Waals surface area contributed by atoms with Crippen molar-refractivity contribution in [1.82, 2.24) is 0 Å². The highest BCUT2D eigenvalue weighted by Gasteiger charge is 2.24. The summed E-state index contributed by atoms with van der Waals surface area (Å²) in [6.07, 6.45) is 14.8. The summed E-state index contributed by atoms with van der Waals surface area (Å²) < 4.78 is 6.17. The van der Waals surface area contributed by atoms with E-state index in [2.05, 4.69) is 27.4 Å². The highest BCUT2D eigenvalue weighted by molar-refractivity contribution is 5.81. The van der Waals surface area contributed by atoms with Crippen LogP contribution in [0.2, 0.25) is 0 Å². The largest absolute Gasteiger partial charge is 1.00 e. The van der Waals surface area contributed by atoms with Crippen LogP contribution in [-0.2, 0) is 9.53 Å². The molecule has 0 radical (unpaired) electrons. The van der Waals surface area contributed by atoms with Crippen molar-refractivity contribution in [3.8, 4) is 0 Å². The third-order valence-corrected chi connectivity index (χ3v) is 4.97. The van der Waals surface area contributed by atoms with E-state index in [0.29, 0.717) is 6.73 Å². The van der Waals surface area contributed by atoms with Crippen molar-refractivity contribution in [3.63, 3.8) is 0 Å². The van der Waals surface area contributed by atoms with Gasteiger partial charge in [0.15, 0.2) is 0 Å². The predicted molar refractivity (Wildman–Crippen MR) is 99.2 cm³/mol. The Labute approximate surface area is 156 Å². The smallest absolute Gasteiger partial charge is 0.334 e. The van der Waals surface area contributed by atoms with Crippen molar-refractivity contribution >= 4 is 5.97 Å². The van der Waals surface area contributed by atoms with Gasteiger partial charge in [-0.05, 0) is 26.7 Å². The van der Waals surface area contributed by atoms with E-state index in [1.807, 2.05) is 0 Å². The SMILES string of the molecule is C=CC(=O)OC[N+](CC)(CC)CCCCCCCCCCCC.[Cl-]. The number of hydrogen-bond acceptors (Lipinski definition) is 2. The summed E-state index contributed by atoms with van der Waals surface area (Å²) in [5, 5.41) is 0. The fourth-order valence-corrected chi connectivity index (χ4v) is 2.98. The molecule has 0 atom stereocenters. The Morgan fingerprint density at radius 1 is 0.875 bits per heavy atom. The van der Waals surface area contributed by atoms with E-state index < -0.39 is 0 Å². The van der Waals surface area contributed by atoms with Gasteiger partial charge < -0.3 is 17.1 Å². The maximum absolute atomic E-state index is 11.3. The zero-order valence-electron chi connectivity index (χ0n) is 16.3. The molecule has 0 N–H and O–H groups in total. The summed E-state index contributed by atoms with van der Waals surface area (Å²) in [5.74, 6) is -0.308. The number of carbonyl (C=O) groups is 1. The van der Waals surface area contributed by atoms with Crippen LogP contribution in [0.15, 0.2) is 12.7 Å². The van der Waals surface area contributed by atoms with Gasteiger partial charge in [0, 0.05) is 6.08 Å². The van der Waals surface area contributed by atoms with Crippen molar-refractivity contribution in [2.75, 3.05) is 26.4 Å². The predicted octanol–water partition coefficient (Wildman–Crippen LogP) is 2.45. The molecular formula is C20H40ClNO2. The zero-order chi connectivity index (χ0) is 17.4. The van der Waals surface area contributed by atoms with Gasteiger partial charge in [0.25, 0.3) is 0 Å². The molecule has 0 fully saturated rings. The van der Waals surface area contributed by atoms with E-state index in [0.717, 1.165) is 24.1 Å². The van der Waals surface area contributed by atoms with Gasteiger partial charge in [0.2, 0.25) is 6.73 Å². The number of rotatable bonds is 16. The molecule has 0 saturated heterocycles. The first-order valence-electron chi connectivity index (χ1n) is 9.78. The molecule has 0 aromatic heterocycles. The van der Waals surface area contributed by atoms with Crippen molar-refractivity contribution in [3.05, 3.63) is 12.7 Å². The normalized spacial score (nSPS) is 11.0. The van der Waals surface area contributed by atoms with Gasteiger partial charge in [0.1, 0.15) is 0 Å². The molecule has 24 heavy (non-hydrogen) atoms. The Kier molecular flexibility index (Phi) is 18.5. The molecule has 0 aromatic carbocycles. The van der Waals surface area contributed by atoms with Gasteiger partial charge in [-0.15, -0.1) is 0 Å². The van der Waals surface area contributed by atoms with E-state index in [1.165, 1.54) is 70.3 Å². The van der Waals surface area contributed by atoms with Crippen molar-refractivity contribution in [2.45, 2.75) is 85.0 Å². The molecule has 0 aliphatic carbocycles. The minimum Gasteiger partial charge on any atom is -1.00 e. The number of ether oxygens (including phenoxy) is 1. The van der Waals surface area contributed by atoms with Crippen LogP contribution in [0, 0.1) is 0 Å². The number of hydrogen-bond donors (Lipinski definition) is 0. The highest BCUT2D eigenvalue weighted by atomic mass is 35.5. The molecule has 0 spiro atoms. The lowest BCUT2D eigenvalue weighted by Crippen LogP contribution is -3.00. The fourth-order valence-electron chi connectivity index (χ4n) is 2.98. The van der Waals surface area contributed by atoms with Crippen LogP contribution in [0.5, 0.6) is 0 Å². The van der Waals surface area contributed by atoms with Crippen molar-refractivity contribution in [1.29, 1.82) is 0 Å². The molecule has 0 rings (SSSR count). The van der Waals surface area contributed by atoms with E-state index in [1.54, 1.807) is 0 Å². The van der Waals surface area contributed by atoms with Crippen LogP contribution in [0.25, 0.3) is 0 Å². The zero-order valence-corrected chi connectivity index (χ0v) is 17.1. The minimum atomic E-state index is -0.308. The van der Waals surface area contributed by atoms with Crippen LogP contribution >= 0.6 is 0 Å². The van der Waals surface area contributed by atoms with Crippen molar-refractivity contribution < 1.29 is 26.4 Å². The van der Waals surface area contributed by atoms with Crippen LogP contribution < -0.4 is 12.4 Å². The average Bonchev–Trinajstić information content (AvgIpc) is 2.59.